The van der Waals surface area contributed by atoms with Gasteiger partial charge >= 0.3 is 0 Å². The van der Waals surface area contributed by atoms with Gasteiger partial charge in [0.25, 0.3) is 0 Å². The first-order valence-electron chi connectivity index (χ1n) is 6.36. The molecular formula is C14H22ClNO2. The largest absolute Gasteiger partial charge is 0.493 e. The summed E-state index contributed by atoms with van der Waals surface area (Å²) >= 11 is 6.23. The fourth-order valence-electron chi connectivity index (χ4n) is 1.75. The average Bonchev–Trinajstić information content (AvgIpc) is 2.36. The number of hydrogen-bond acceptors (Lipinski definition) is 3. The molecule has 18 heavy (non-hydrogen) atoms. The lowest BCUT2D eigenvalue weighted by molar-refractivity contribution is 0.286. The average molecular weight is 272 g/mol. The standard InChI is InChI=1S/C14H22ClNO2/c1-4-5-6-7-18-14-12(15)8-11(10-16-2)9-13(14)17-3/h8-9,16H,4-7,10H2,1-3H3. The minimum absolute atomic E-state index is 0.607. The summed E-state index contributed by atoms with van der Waals surface area (Å²) in [5, 5.41) is 3.69. The summed E-state index contributed by atoms with van der Waals surface area (Å²) in [6.45, 7) is 3.60. The summed E-state index contributed by atoms with van der Waals surface area (Å²) in [7, 11) is 3.53. The summed E-state index contributed by atoms with van der Waals surface area (Å²) in [6, 6.07) is 3.87. The summed E-state index contributed by atoms with van der Waals surface area (Å²) in [4.78, 5) is 0. The zero-order valence-electron chi connectivity index (χ0n) is 11.4. The molecule has 0 aromatic heterocycles. The normalized spacial score (nSPS) is 10.4. The van der Waals surface area contributed by atoms with E-state index in [1.807, 2.05) is 19.2 Å². The minimum Gasteiger partial charge on any atom is -0.493 e. The molecule has 0 aliphatic carbocycles. The molecule has 1 aromatic carbocycles. The molecule has 0 fully saturated rings. The van der Waals surface area contributed by atoms with Crippen molar-refractivity contribution in [1.29, 1.82) is 0 Å². The fraction of sp³-hybridized carbons (Fsp3) is 0.571. The first kappa shape index (κ1) is 15.1. The van der Waals surface area contributed by atoms with E-state index in [4.69, 9.17) is 21.1 Å². The third kappa shape index (κ3) is 4.39. The number of hydrogen-bond donors (Lipinski definition) is 1. The van der Waals surface area contributed by atoms with E-state index >= 15 is 0 Å². The monoisotopic (exact) mass is 271 g/mol. The number of rotatable bonds is 8. The number of unbranched alkanes of at least 4 members (excludes halogenated alkanes) is 2. The molecule has 0 radical (unpaired) electrons. The number of benzene rings is 1. The SMILES string of the molecule is CCCCCOc1c(Cl)cc(CNC)cc1OC. The van der Waals surface area contributed by atoms with Gasteiger partial charge in [-0.1, -0.05) is 31.4 Å². The highest BCUT2D eigenvalue weighted by molar-refractivity contribution is 6.32. The van der Waals surface area contributed by atoms with E-state index in [0.717, 1.165) is 24.9 Å². The van der Waals surface area contributed by atoms with Crippen molar-refractivity contribution in [3.63, 3.8) is 0 Å². The highest BCUT2D eigenvalue weighted by Gasteiger charge is 2.11. The second-order valence-electron chi connectivity index (χ2n) is 4.19. The number of methoxy groups -OCH3 is 1. The van der Waals surface area contributed by atoms with E-state index in [1.165, 1.54) is 6.42 Å². The Morgan fingerprint density at radius 2 is 2.06 bits per heavy atom. The zero-order chi connectivity index (χ0) is 13.4. The topological polar surface area (TPSA) is 30.5 Å². The summed E-state index contributed by atoms with van der Waals surface area (Å²) in [6.07, 6.45) is 3.38. The summed E-state index contributed by atoms with van der Waals surface area (Å²) in [5.41, 5.74) is 1.08. The van der Waals surface area contributed by atoms with Crippen LogP contribution in [0, 0.1) is 0 Å². The predicted molar refractivity (Wildman–Crippen MR) is 75.8 cm³/mol. The molecular weight excluding hydrogens is 250 g/mol. The number of ether oxygens (including phenoxy) is 2. The summed E-state index contributed by atoms with van der Waals surface area (Å²) in [5.74, 6) is 1.35. The molecule has 1 rings (SSSR count). The Balaban J connectivity index is 2.76. The van der Waals surface area contributed by atoms with Gasteiger partial charge in [0.15, 0.2) is 11.5 Å². The molecule has 0 atom stereocenters. The van der Waals surface area contributed by atoms with Crippen molar-refractivity contribution in [2.75, 3.05) is 20.8 Å². The van der Waals surface area contributed by atoms with E-state index in [2.05, 4.69) is 12.2 Å². The van der Waals surface area contributed by atoms with Crippen molar-refractivity contribution < 1.29 is 9.47 Å². The zero-order valence-corrected chi connectivity index (χ0v) is 12.1. The highest BCUT2D eigenvalue weighted by atomic mass is 35.5. The second-order valence-corrected chi connectivity index (χ2v) is 4.60. The van der Waals surface area contributed by atoms with E-state index in [-0.39, 0.29) is 0 Å². The van der Waals surface area contributed by atoms with Crippen molar-refractivity contribution >= 4 is 11.6 Å². The Kier molecular flexibility index (Phi) is 6.91. The fourth-order valence-corrected chi connectivity index (χ4v) is 2.03. The lowest BCUT2D eigenvalue weighted by Gasteiger charge is -2.14. The molecule has 0 aliphatic heterocycles. The Bertz CT molecular complexity index is 369. The van der Waals surface area contributed by atoms with Crippen LogP contribution in [0.3, 0.4) is 0 Å². The van der Waals surface area contributed by atoms with E-state index in [0.29, 0.717) is 23.1 Å². The first-order valence-corrected chi connectivity index (χ1v) is 6.74. The molecule has 0 unspecified atom stereocenters. The van der Waals surface area contributed by atoms with Gasteiger partial charge in [0.1, 0.15) is 0 Å². The van der Waals surface area contributed by atoms with Crippen LogP contribution < -0.4 is 14.8 Å². The predicted octanol–water partition coefficient (Wildman–Crippen LogP) is 3.64. The molecule has 102 valence electrons. The van der Waals surface area contributed by atoms with Crippen LogP contribution in [0.25, 0.3) is 0 Å². The Labute approximate surface area is 114 Å². The number of halogens is 1. The van der Waals surface area contributed by atoms with E-state index < -0.39 is 0 Å². The van der Waals surface area contributed by atoms with Gasteiger partial charge < -0.3 is 14.8 Å². The molecule has 0 heterocycles. The van der Waals surface area contributed by atoms with Crippen molar-refractivity contribution in [3.8, 4) is 11.5 Å². The van der Waals surface area contributed by atoms with Gasteiger partial charge in [-0.2, -0.15) is 0 Å². The number of nitrogens with one attached hydrogen (secondary N) is 1. The van der Waals surface area contributed by atoms with E-state index in [1.54, 1.807) is 7.11 Å². The van der Waals surface area contributed by atoms with Crippen LogP contribution in [0.5, 0.6) is 11.5 Å². The van der Waals surface area contributed by atoms with Crippen LogP contribution >= 0.6 is 11.6 Å². The van der Waals surface area contributed by atoms with Crippen molar-refractivity contribution in [2.45, 2.75) is 32.7 Å². The quantitative estimate of drug-likeness (QED) is 0.733. The van der Waals surface area contributed by atoms with E-state index in [9.17, 15) is 0 Å². The van der Waals surface area contributed by atoms with Crippen LogP contribution in [-0.4, -0.2) is 20.8 Å². The van der Waals surface area contributed by atoms with Gasteiger partial charge in [0.05, 0.1) is 18.7 Å². The molecule has 0 saturated heterocycles. The molecule has 0 amide bonds. The molecule has 1 aromatic rings. The van der Waals surface area contributed by atoms with Gasteiger partial charge in [-0.05, 0) is 31.2 Å². The smallest absolute Gasteiger partial charge is 0.179 e. The Hall–Kier alpha value is -0.930. The minimum atomic E-state index is 0.607. The van der Waals surface area contributed by atoms with Gasteiger partial charge in [0.2, 0.25) is 0 Å². The van der Waals surface area contributed by atoms with Crippen LogP contribution in [0.15, 0.2) is 12.1 Å². The lowest BCUT2D eigenvalue weighted by atomic mass is 10.2. The Morgan fingerprint density at radius 1 is 1.28 bits per heavy atom. The van der Waals surface area contributed by atoms with Gasteiger partial charge in [0, 0.05) is 6.54 Å². The van der Waals surface area contributed by atoms with Crippen molar-refractivity contribution in [1.82, 2.24) is 5.32 Å². The maximum absolute atomic E-state index is 6.23. The van der Waals surface area contributed by atoms with Gasteiger partial charge in [-0.15, -0.1) is 0 Å². The van der Waals surface area contributed by atoms with Crippen LogP contribution in [-0.2, 0) is 6.54 Å². The molecule has 0 aliphatic rings. The molecule has 0 saturated carbocycles. The van der Waals surface area contributed by atoms with Crippen molar-refractivity contribution in [3.05, 3.63) is 22.7 Å². The maximum Gasteiger partial charge on any atom is 0.179 e. The highest BCUT2D eigenvalue weighted by Crippen LogP contribution is 2.36. The maximum atomic E-state index is 6.23. The molecule has 0 spiro atoms. The second kappa shape index (κ2) is 8.22. The van der Waals surface area contributed by atoms with Crippen molar-refractivity contribution in [2.24, 2.45) is 0 Å². The molecule has 0 bridgehead atoms. The van der Waals surface area contributed by atoms with Gasteiger partial charge in [-0.25, -0.2) is 0 Å². The summed E-state index contributed by atoms with van der Waals surface area (Å²) < 4.78 is 11.0. The Morgan fingerprint density at radius 3 is 2.67 bits per heavy atom. The molecule has 4 heteroatoms. The lowest BCUT2D eigenvalue weighted by Crippen LogP contribution is -2.06. The van der Waals surface area contributed by atoms with Crippen LogP contribution in [0.2, 0.25) is 5.02 Å². The third-order valence-corrected chi connectivity index (χ3v) is 2.95. The third-order valence-electron chi connectivity index (χ3n) is 2.66. The first-order chi connectivity index (χ1) is 8.72. The van der Waals surface area contributed by atoms with Crippen LogP contribution in [0.1, 0.15) is 31.7 Å². The molecule has 3 nitrogen and oxygen atoms in total. The van der Waals surface area contributed by atoms with Gasteiger partial charge in [-0.3, -0.25) is 0 Å². The van der Waals surface area contributed by atoms with Crippen LogP contribution in [0.4, 0.5) is 0 Å². The molecule has 1 N–H and O–H groups in total.